The first-order valence-electron chi connectivity index (χ1n) is 6.52. The molecule has 1 N–H and O–H groups in total. The average Bonchev–Trinajstić information content (AvgIpc) is 3.06. The van der Waals surface area contributed by atoms with Gasteiger partial charge in [0.1, 0.15) is 0 Å². The van der Waals surface area contributed by atoms with Crippen LogP contribution >= 0.6 is 0 Å². The Bertz CT molecular complexity index is 345. The summed E-state index contributed by atoms with van der Waals surface area (Å²) < 4.78 is 0. The van der Waals surface area contributed by atoms with E-state index in [9.17, 15) is 5.11 Å². The van der Waals surface area contributed by atoms with Gasteiger partial charge in [-0.25, -0.2) is 0 Å². The van der Waals surface area contributed by atoms with Gasteiger partial charge in [0.25, 0.3) is 0 Å². The van der Waals surface area contributed by atoms with Gasteiger partial charge >= 0.3 is 0 Å². The van der Waals surface area contributed by atoms with Gasteiger partial charge in [-0.05, 0) is 30.7 Å². The second-order valence-electron chi connectivity index (χ2n) is 5.73. The molecular weight excluding hydrogens is 210 g/mol. The zero-order chi connectivity index (χ0) is 12.3. The SMILES string of the molecule is C[C@H](CO)N(Cc1ccccc1)CC1(C)CC1. The first kappa shape index (κ1) is 12.6. The zero-order valence-electron chi connectivity index (χ0n) is 10.9. The van der Waals surface area contributed by atoms with E-state index >= 15 is 0 Å². The molecule has 0 heterocycles. The average molecular weight is 233 g/mol. The molecule has 0 amide bonds. The van der Waals surface area contributed by atoms with Crippen molar-refractivity contribution in [3.05, 3.63) is 35.9 Å². The van der Waals surface area contributed by atoms with E-state index in [1.54, 1.807) is 0 Å². The maximum atomic E-state index is 9.36. The fraction of sp³-hybridized carbons (Fsp3) is 0.600. The highest BCUT2D eigenvalue weighted by molar-refractivity contribution is 5.14. The van der Waals surface area contributed by atoms with Crippen molar-refractivity contribution in [2.75, 3.05) is 13.2 Å². The first-order chi connectivity index (χ1) is 8.13. The van der Waals surface area contributed by atoms with Crippen LogP contribution in [0.5, 0.6) is 0 Å². The molecule has 0 aromatic heterocycles. The van der Waals surface area contributed by atoms with Crippen molar-refractivity contribution in [3.63, 3.8) is 0 Å². The molecule has 2 rings (SSSR count). The predicted octanol–water partition coefficient (Wildman–Crippen LogP) is 2.67. The molecule has 17 heavy (non-hydrogen) atoms. The minimum absolute atomic E-state index is 0.239. The van der Waals surface area contributed by atoms with Gasteiger partial charge in [0.05, 0.1) is 6.61 Å². The molecule has 1 fully saturated rings. The summed E-state index contributed by atoms with van der Waals surface area (Å²) in [5, 5.41) is 9.36. The van der Waals surface area contributed by atoms with Crippen LogP contribution in [-0.4, -0.2) is 29.2 Å². The van der Waals surface area contributed by atoms with Gasteiger partial charge in [-0.15, -0.1) is 0 Å². The Kier molecular flexibility index (Phi) is 3.85. The lowest BCUT2D eigenvalue weighted by Gasteiger charge is -2.30. The zero-order valence-corrected chi connectivity index (χ0v) is 10.9. The highest BCUT2D eigenvalue weighted by Gasteiger charge is 2.39. The maximum Gasteiger partial charge on any atom is 0.0584 e. The Hall–Kier alpha value is -0.860. The fourth-order valence-corrected chi connectivity index (χ4v) is 2.16. The number of benzene rings is 1. The van der Waals surface area contributed by atoms with Crippen LogP contribution in [-0.2, 0) is 6.54 Å². The minimum Gasteiger partial charge on any atom is -0.395 e. The van der Waals surface area contributed by atoms with Gasteiger partial charge in [-0.2, -0.15) is 0 Å². The van der Waals surface area contributed by atoms with E-state index in [-0.39, 0.29) is 12.6 Å². The number of hydrogen-bond donors (Lipinski definition) is 1. The van der Waals surface area contributed by atoms with Gasteiger partial charge in [0, 0.05) is 19.1 Å². The molecule has 1 aliphatic carbocycles. The smallest absolute Gasteiger partial charge is 0.0584 e. The van der Waals surface area contributed by atoms with E-state index in [0.29, 0.717) is 5.41 Å². The maximum absolute atomic E-state index is 9.36. The van der Waals surface area contributed by atoms with E-state index < -0.39 is 0 Å². The molecule has 1 atom stereocenters. The van der Waals surface area contributed by atoms with Crippen molar-refractivity contribution < 1.29 is 5.11 Å². The molecule has 2 nitrogen and oxygen atoms in total. The summed E-state index contributed by atoms with van der Waals surface area (Å²) in [6, 6.07) is 10.8. The monoisotopic (exact) mass is 233 g/mol. The van der Waals surface area contributed by atoms with Gasteiger partial charge in [-0.3, -0.25) is 4.90 Å². The Labute approximate surface area is 104 Å². The molecule has 0 radical (unpaired) electrons. The summed E-state index contributed by atoms with van der Waals surface area (Å²) in [5.41, 5.74) is 1.83. The molecule has 1 saturated carbocycles. The van der Waals surface area contributed by atoms with E-state index in [4.69, 9.17) is 0 Å². The number of hydrogen-bond acceptors (Lipinski definition) is 2. The summed E-state index contributed by atoms with van der Waals surface area (Å²) in [6.45, 7) is 6.73. The van der Waals surface area contributed by atoms with Crippen LogP contribution in [0.2, 0.25) is 0 Å². The molecule has 0 spiro atoms. The first-order valence-corrected chi connectivity index (χ1v) is 6.52. The van der Waals surface area contributed by atoms with Crippen molar-refractivity contribution >= 4 is 0 Å². The Balaban J connectivity index is 2.00. The van der Waals surface area contributed by atoms with E-state index in [0.717, 1.165) is 13.1 Å². The minimum atomic E-state index is 0.239. The summed E-state index contributed by atoms with van der Waals surface area (Å²) in [5.74, 6) is 0. The van der Waals surface area contributed by atoms with Crippen molar-refractivity contribution in [1.82, 2.24) is 4.90 Å². The number of aliphatic hydroxyl groups excluding tert-OH is 1. The van der Waals surface area contributed by atoms with Crippen LogP contribution in [0.4, 0.5) is 0 Å². The second kappa shape index (κ2) is 5.19. The van der Waals surface area contributed by atoms with Crippen LogP contribution in [0, 0.1) is 5.41 Å². The molecular formula is C15H23NO. The quantitative estimate of drug-likeness (QED) is 0.816. The number of rotatable bonds is 6. The summed E-state index contributed by atoms with van der Waals surface area (Å²) in [6.07, 6.45) is 2.66. The topological polar surface area (TPSA) is 23.5 Å². The molecule has 94 valence electrons. The molecule has 2 heteroatoms. The van der Waals surface area contributed by atoms with Crippen LogP contribution in [0.25, 0.3) is 0 Å². The van der Waals surface area contributed by atoms with E-state index in [1.165, 1.54) is 18.4 Å². The highest BCUT2D eigenvalue weighted by atomic mass is 16.3. The van der Waals surface area contributed by atoms with Crippen LogP contribution in [0.1, 0.15) is 32.3 Å². The van der Waals surface area contributed by atoms with Gasteiger partial charge in [0.2, 0.25) is 0 Å². The molecule has 1 aromatic rings. The summed E-state index contributed by atoms with van der Waals surface area (Å²) >= 11 is 0. The Morgan fingerprint density at radius 1 is 1.29 bits per heavy atom. The van der Waals surface area contributed by atoms with Gasteiger partial charge in [0.15, 0.2) is 0 Å². The van der Waals surface area contributed by atoms with Crippen molar-refractivity contribution in [3.8, 4) is 0 Å². The lowest BCUT2D eigenvalue weighted by molar-refractivity contribution is 0.109. The van der Waals surface area contributed by atoms with Crippen molar-refractivity contribution in [2.24, 2.45) is 5.41 Å². The number of aliphatic hydroxyl groups is 1. The fourth-order valence-electron chi connectivity index (χ4n) is 2.16. The largest absolute Gasteiger partial charge is 0.395 e. The van der Waals surface area contributed by atoms with Crippen LogP contribution in [0.15, 0.2) is 30.3 Å². The van der Waals surface area contributed by atoms with E-state index in [2.05, 4.69) is 43.0 Å². The van der Waals surface area contributed by atoms with Gasteiger partial charge in [-0.1, -0.05) is 37.3 Å². The van der Waals surface area contributed by atoms with Crippen molar-refractivity contribution in [2.45, 2.75) is 39.3 Å². The summed E-state index contributed by atoms with van der Waals surface area (Å²) in [4.78, 5) is 2.41. The highest BCUT2D eigenvalue weighted by Crippen LogP contribution is 2.45. The lowest BCUT2D eigenvalue weighted by atomic mass is 10.1. The standard InChI is InChI=1S/C15H23NO/c1-13(11-17)16(12-15(2)8-9-15)10-14-6-4-3-5-7-14/h3-7,13,17H,8-12H2,1-2H3/t13-/m1/s1. The van der Waals surface area contributed by atoms with Crippen molar-refractivity contribution in [1.29, 1.82) is 0 Å². The molecule has 0 saturated heterocycles. The molecule has 0 unspecified atom stereocenters. The third-order valence-electron chi connectivity index (χ3n) is 3.80. The second-order valence-corrected chi connectivity index (χ2v) is 5.73. The third kappa shape index (κ3) is 3.55. The normalized spacial score (nSPS) is 19.3. The summed E-state index contributed by atoms with van der Waals surface area (Å²) in [7, 11) is 0. The molecule has 1 aliphatic rings. The third-order valence-corrected chi connectivity index (χ3v) is 3.80. The molecule has 0 bridgehead atoms. The lowest BCUT2D eigenvalue weighted by Crippen LogP contribution is -2.38. The van der Waals surface area contributed by atoms with Crippen LogP contribution < -0.4 is 0 Å². The molecule has 0 aliphatic heterocycles. The molecule has 1 aromatic carbocycles. The predicted molar refractivity (Wildman–Crippen MR) is 70.7 cm³/mol. The van der Waals surface area contributed by atoms with Gasteiger partial charge < -0.3 is 5.11 Å². The Morgan fingerprint density at radius 3 is 2.47 bits per heavy atom. The van der Waals surface area contributed by atoms with Crippen LogP contribution in [0.3, 0.4) is 0 Å². The van der Waals surface area contributed by atoms with E-state index in [1.807, 2.05) is 6.07 Å². The number of nitrogens with zero attached hydrogens (tertiary/aromatic N) is 1. The Morgan fingerprint density at radius 2 is 1.94 bits per heavy atom.